The van der Waals surface area contributed by atoms with E-state index in [9.17, 15) is 4.57 Å². The Balaban J connectivity index is 2.74. The normalized spacial score (nSPS) is 19.5. The second kappa shape index (κ2) is 1.69. The van der Waals surface area contributed by atoms with Gasteiger partial charge in [-0.2, -0.15) is 0 Å². The topological polar surface area (TPSA) is 57.5 Å². The van der Waals surface area contributed by atoms with Crippen LogP contribution in [0.15, 0.2) is 11.4 Å². The lowest BCUT2D eigenvalue weighted by Gasteiger charge is -2.14. The highest BCUT2D eigenvalue weighted by Gasteiger charge is 2.23. The molecule has 46 valence electrons. The second-order valence-corrected chi connectivity index (χ2v) is 3.44. The highest BCUT2D eigenvalue weighted by molar-refractivity contribution is 7.56. The molecule has 0 unspecified atom stereocenters. The fourth-order valence-corrected chi connectivity index (χ4v) is 1.33. The molecule has 8 heavy (non-hydrogen) atoms. The first-order valence-corrected chi connectivity index (χ1v) is 3.97. The van der Waals surface area contributed by atoms with Crippen molar-refractivity contribution in [3.05, 3.63) is 11.4 Å². The monoisotopic (exact) mass is 134 g/mol. The summed E-state index contributed by atoms with van der Waals surface area (Å²) in [4.78, 5) is 16.8. The van der Waals surface area contributed by atoms with Crippen LogP contribution in [0.3, 0.4) is 0 Å². The van der Waals surface area contributed by atoms with Crippen molar-refractivity contribution in [1.29, 1.82) is 0 Å². The van der Waals surface area contributed by atoms with Crippen molar-refractivity contribution < 1.29 is 14.4 Å². The summed E-state index contributed by atoms with van der Waals surface area (Å²) in [5, 5.41) is 0.303. The van der Waals surface area contributed by atoms with Crippen LogP contribution in [0.2, 0.25) is 0 Å². The molecule has 0 saturated heterocycles. The third-order valence-electron chi connectivity index (χ3n) is 1.15. The molecule has 2 N–H and O–H groups in total. The predicted octanol–water partition coefficient (Wildman–Crippen LogP) is 0.842. The Morgan fingerprint density at radius 1 is 1.62 bits per heavy atom. The summed E-state index contributed by atoms with van der Waals surface area (Å²) in [6, 6.07) is 0. The van der Waals surface area contributed by atoms with Gasteiger partial charge in [-0.1, -0.05) is 6.08 Å². The van der Waals surface area contributed by atoms with Gasteiger partial charge in [0.2, 0.25) is 0 Å². The molecule has 0 aliphatic heterocycles. The molecule has 0 aromatic heterocycles. The SMILES string of the molecule is O=P(O)(O)C1=CCC1. The predicted molar refractivity (Wildman–Crippen MR) is 29.4 cm³/mol. The van der Waals surface area contributed by atoms with E-state index in [0.717, 1.165) is 6.42 Å². The van der Waals surface area contributed by atoms with E-state index in [1.807, 2.05) is 0 Å². The second-order valence-electron chi connectivity index (χ2n) is 1.78. The molecule has 0 bridgehead atoms. The summed E-state index contributed by atoms with van der Waals surface area (Å²) >= 11 is 0. The maximum Gasteiger partial charge on any atom is 0.351 e. The van der Waals surface area contributed by atoms with E-state index < -0.39 is 7.60 Å². The molecule has 1 aliphatic carbocycles. The van der Waals surface area contributed by atoms with Crippen molar-refractivity contribution in [2.24, 2.45) is 0 Å². The Kier molecular flexibility index (Phi) is 1.27. The quantitative estimate of drug-likeness (QED) is 0.522. The molecule has 1 rings (SSSR count). The Bertz CT molecular complexity index is 166. The summed E-state index contributed by atoms with van der Waals surface area (Å²) in [6.07, 6.45) is 2.98. The van der Waals surface area contributed by atoms with Crippen molar-refractivity contribution in [3.63, 3.8) is 0 Å². The van der Waals surface area contributed by atoms with Crippen LogP contribution in [-0.2, 0) is 4.57 Å². The third kappa shape index (κ3) is 0.996. The lowest BCUT2D eigenvalue weighted by molar-refractivity contribution is 0.378. The maximum absolute atomic E-state index is 10.2. The number of hydrogen-bond acceptors (Lipinski definition) is 1. The van der Waals surface area contributed by atoms with Crippen molar-refractivity contribution in [2.75, 3.05) is 0 Å². The summed E-state index contributed by atoms with van der Waals surface area (Å²) in [7, 11) is -3.81. The van der Waals surface area contributed by atoms with Crippen LogP contribution >= 0.6 is 7.60 Å². The molecule has 0 saturated carbocycles. The van der Waals surface area contributed by atoms with E-state index in [1.54, 1.807) is 6.08 Å². The van der Waals surface area contributed by atoms with Gasteiger partial charge < -0.3 is 9.79 Å². The standard InChI is InChI=1S/C4H7O3P/c5-8(6,7)4-2-1-3-4/h2H,1,3H2,(H2,5,6,7). The largest absolute Gasteiger partial charge is 0.351 e. The van der Waals surface area contributed by atoms with E-state index in [2.05, 4.69) is 0 Å². The fourth-order valence-electron chi connectivity index (χ4n) is 0.538. The van der Waals surface area contributed by atoms with Crippen LogP contribution in [-0.4, -0.2) is 9.79 Å². The molecular formula is C4H7O3P. The van der Waals surface area contributed by atoms with Gasteiger partial charge in [0.1, 0.15) is 0 Å². The lowest BCUT2D eigenvalue weighted by Crippen LogP contribution is -1.93. The Hall–Kier alpha value is -0.110. The highest BCUT2D eigenvalue weighted by atomic mass is 31.2. The molecule has 0 fully saturated rings. The van der Waals surface area contributed by atoms with E-state index in [1.165, 1.54) is 0 Å². The summed E-state index contributed by atoms with van der Waals surface area (Å²) in [5.74, 6) is 0. The lowest BCUT2D eigenvalue weighted by atomic mass is 10.1. The molecule has 4 heteroatoms. The third-order valence-corrected chi connectivity index (χ3v) is 2.31. The van der Waals surface area contributed by atoms with E-state index in [4.69, 9.17) is 9.79 Å². The molecule has 0 atom stereocenters. The summed E-state index contributed by atoms with van der Waals surface area (Å²) in [6.45, 7) is 0. The number of hydrogen-bond donors (Lipinski definition) is 2. The molecular weight excluding hydrogens is 127 g/mol. The molecule has 0 aromatic rings. The van der Waals surface area contributed by atoms with Crippen LogP contribution in [0, 0.1) is 0 Å². The molecule has 0 aromatic carbocycles. The van der Waals surface area contributed by atoms with E-state index in [0.29, 0.717) is 11.7 Å². The van der Waals surface area contributed by atoms with E-state index in [-0.39, 0.29) is 0 Å². The number of allylic oxidation sites excluding steroid dienone is 2. The first-order valence-electron chi connectivity index (χ1n) is 2.36. The zero-order valence-corrected chi connectivity index (χ0v) is 5.14. The van der Waals surface area contributed by atoms with Crippen molar-refractivity contribution in [3.8, 4) is 0 Å². The van der Waals surface area contributed by atoms with Gasteiger partial charge in [0.25, 0.3) is 0 Å². The molecule has 0 amide bonds. The maximum atomic E-state index is 10.2. The van der Waals surface area contributed by atoms with Gasteiger partial charge in [-0.05, 0) is 12.8 Å². The van der Waals surface area contributed by atoms with Gasteiger partial charge in [0.05, 0.1) is 0 Å². The fraction of sp³-hybridized carbons (Fsp3) is 0.500. The molecule has 1 aliphatic rings. The Labute approximate surface area is 47.2 Å². The summed E-state index contributed by atoms with van der Waals surface area (Å²) in [5.41, 5.74) is 0. The average molecular weight is 134 g/mol. The minimum absolute atomic E-state index is 0.303. The Morgan fingerprint density at radius 3 is 2.12 bits per heavy atom. The van der Waals surface area contributed by atoms with Crippen molar-refractivity contribution >= 4 is 7.60 Å². The van der Waals surface area contributed by atoms with E-state index >= 15 is 0 Å². The van der Waals surface area contributed by atoms with Crippen LogP contribution in [0.25, 0.3) is 0 Å². The van der Waals surface area contributed by atoms with Crippen LogP contribution < -0.4 is 0 Å². The van der Waals surface area contributed by atoms with Gasteiger partial charge in [0.15, 0.2) is 0 Å². The van der Waals surface area contributed by atoms with Crippen LogP contribution in [0.4, 0.5) is 0 Å². The zero-order valence-electron chi connectivity index (χ0n) is 4.24. The van der Waals surface area contributed by atoms with Crippen LogP contribution in [0.5, 0.6) is 0 Å². The molecule has 0 radical (unpaired) electrons. The van der Waals surface area contributed by atoms with Gasteiger partial charge in [0, 0.05) is 5.31 Å². The molecule has 3 nitrogen and oxygen atoms in total. The minimum Gasteiger partial charge on any atom is -0.321 e. The van der Waals surface area contributed by atoms with Gasteiger partial charge in [-0.15, -0.1) is 0 Å². The van der Waals surface area contributed by atoms with Gasteiger partial charge in [-0.25, -0.2) is 0 Å². The minimum atomic E-state index is -3.81. The number of rotatable bonds is 1. The van der Waals surface area contributed by atoms with Gasteiger partial charge >= 0.3 is 7.60 Å². The Morgan fingerprint density at radius 2 is 2.12 bits per heavy atom. The summed E-state index contributed by atoms with van der Waals surface area (Å²) < 4.78 is 10.2. The van der Waals surface area contributed by atoms with Crippen molar-refractivity contribution in [2.45, 2.75) is 12.8 Å². The smallest absolute Gasteiger partial charge is 0.321 e. The first kappa shape index (κ1) is 6.02. The average Bonchev–Trinajstić information content (AvgIpc) is 1.16. The first-order chi connectivity index (χ1) is 3.61. The van der Waals surface area contributed by atoms with Gasteiger partial charge in [-0.3, -0.25) is 4.57 Å². The highest BCUT2D eigenvalue weighted by Crippen LogP contribution is 2.51. The van der Waals surface area contributed by atoms with Crippen LogP contribution in [0.1, 0.15) is 12.8 Å². The van der Waals surface area contributed by atoms with Crippen molar-refractivity contribution in [1.82, 2.24) is 0 Å². The zero-order chi connectivity index (χ0) is 6.20. The molecule has 0 spiro atoms. The molecule has 0 heterocycles.